The maximum atomic E-state index is 13.4. The van der Waals surface area contributed by atoms with Crippen molar-refractivity contribution in [3.05, 3.63) is 34.6 Å². The number of carbonyl (C=O) groups is 3. The van der Waals surface area contributed by atoms with E-state index in [0.29, 0.717) is 12.8 Å². The molecule has 0 aromatic heterocycles. The maximum absolute atomic E-state index is 13.4. The molecule has 0 aliphatic heterocycles. The van der Waals surface area contributed by atoms with Gasteiger partial charge in [-0.3, -0.25) is 14.4 Å². The minimum atomic E-state index is -0.851. The fraction of sp³-hybridized carbons (Fsp3) is 0.640. The van der Waals surface area contributed by atoms with Gasteiger partial charge >= 0.3 is 0 Å². The van der Waals surface area contributed by atoms with Gasteiger partial charge in [-0.2, -0.15) is 0 Å². The van der Waals surface area contributed by atoms with E-state index in [2.05, 4.69) is 12.2 Å². The molecule has 0 amide bonds. The Labute approximate surface area is 175 Å². The molecule has 0 heterocycles. The number of Topliss-reactive ketones (excluding diaryl/α,β-unsaturated/α-hetero) is 3. The molecule has 2 aliphatic rings. The molecule has 2 fully saturated rings. The number of rotatable bonds is 6. The third-order valence-corrected chi connectivity index (χ3v) is 6.66. The molecule has 1 N–H and O–H groups in total. The Morgan fingerprint density at radius 1 is 1.07 bits per heavy atom. The molecule has 2 bridgehead atoms. The largest absolute Gasteiger partial charge is 0.511 e. The van der Waals surface area contributed by atoms with Crippen LogP contribution in [-0.2, 0) is 14.4 Å². The zero-order chi connectivity index (χ0) is 22.1. The maximum Gasteiger partial charge on any atom is 0.180 e. The van der Waals surface area contributed by atoms with Crippen LogP contribution in [0.2, 0.25) is 0 Å². The zero-order valence-corrected chi connectivity index (χ0v) is 19.0. The number of ketones is 3. The first-order chi connectivity index (χ1) is 13.4. The molecule has 4 heteroatoms. The molecule has 29 heavy (non-hydrogen) atoms. The van der Waals surface area contributed by atoms with Gasteiger partial charge in [-0.05, 0) is 64.7 Å². The average molecular weight is 401 g/mol. The van der Waals surface area contributed by atoms with Crippen LogP contribution in [0.3, 0.4) is 0 Å². The fourth-order valence-corrected chi connectivity index (χ4v) is 4.84. The quantitative estimate of drug-likeness (QED) is 0.209. The second-order valence-electron chi connectivity index (χ2n) is 9.81. The number of hydrogen-bond acceptors (Lipinski definition) is 4. The summed E-state index contributed by atoms with van der Waals surface area (Å²) < 4.78 is 0. The summed E-state index contributed by atoms with van der Waals surface area (Å²) in [7, 11) is 0. The standard InChI is InChI=1S/C25H36O4/c1-14(2)9-8-12-25(7)17(11-10-15(3)4)13-18-22(27)19(21(26)16(5)6)24(29)20(25)23(18)28/h9-10,16-18,20,26H,8,11-13H2,1-7H3/t17-,18+,20+,25+/m1/s1. The Bertz CT molecular complexity index is 788. The molecule has 0 unspecified atom stereocenters. The normalized spacial score (nSPS) is 31.0. The van der Waals surface area contributed by atoms with Crippen LogP contribution in [0.15, 0.2) is 34.6 Å². The number of allylic oxidation sites excluding steroid dienone is 6. The lowest BCUT2D eigenvalue weighted by Gasteiger charge is -2.50. The number of aliphatic hydroxyl groups is 1. The average Bonchev–Trinajstić information content (AvgIpc) is 2.59. The van der Waals surface area contributed by atoms with Gasteiger partial charge in [-0.15, -0.1) is 0 Å². The molecule has 0 spiro atoms. The topological polar surface area (TPSA) is 71.4 Å². The minimum absolute atomic E-state index is 0.0753. The Hall–Kier alpha value is -1.97. The highest BCUT2D eigenvalue weighted by Gasteiger charge is 2.60. The Morgan fingerprint density at radius 3 is 2.17 bits per heavy atom. The highest BCUT2D eigenvalue weighted by molar-refractivity contribution is 6.35. The molecule has 4 nitrogen and oxygen atoms in total. The van der Waals surface area contributed by atoms with E-state index < -0.39 is 28.8 Å². The Balaban J connectivity index is 2.57. The van der Waals surface area contributed by atoms with Crippen molar-refractivity contribution in [3.8, 4) is 0 Å². The second-order valence-corrected chi connectivity index (χ2v) is 9.81. The third kappa shape index (κ3) is 4.46. The van der Waals surface area contributed by atoms with Crippen molar-refractivity contribution in [1.29, 1.82) is 0 Å². The van der Waals surface area contributed by atoms with E-state index in [4.69, 9.17) is 0 Å². The van der Waals surface area contributed by atoms with Crippen molar-refractivity contribution in [3.63, 3.8) is 0 Å². The summed E-state index contributed by atoms with van der Waals surface area (Å²) in [4.78, 5) is 39.6. The number of fused-ring (bicyclic) bond motifs is 2. The van der Waals surface area contributed by atoms with Gasteiger partial charge in [0.15, 0.2) is 17.3 Å². The smallest absolute Gasteiger partial charge is 0.180 e. The van der Waals surface area contributed by atoms with Crippen LogP contribution in [0.1, 0.15) is 74.1 Å². The van der Waals surface area contributed by atoms with Gasteiger partial charge in [-0.1, -0.05) is 44.1 Å². The molecule has 2 rings (SSSR count). The lowest BCUT2D eigenvalue weighted by Crippen LogP contribution is -2.58. The predicted molar refractivity (Wildman–Crippen MR) is 115 cm³/mol. The molecule has 0 aromatic rings. The second kappa shape index (κ2) is 8.81. The van der Waals surface area contributed by atoms with Crippen LogP contribution in [0.5, 0.6) is 0 Å². The molecule has 4 atom stereocenters. The van der Waals surface area contributed by atoms with Crippen molar-refractivity contribution in [2.75, 3.05) is 0 Å². The minimum Gasteiger partial charge on any atom is -0.511 e. The van der Waals surface area contributed by atoms with E-state index in [1.165, 1.54) is 11.1 Å². The fourth-order valence-electron chi connectivity index (χ4n) is 4.84. The third-order valence-electron chi connectivity index (χ3n) is 6.66. The van der Waals surface area contributed by atoms with E-state index in [1.54, 1.807) is 13.8 Å². The first kappa shape index (κ1) is 23.3. The van der Waals surface area contributed by atoms with Crippen molar-refractivity contribution in [2.45, 2.75) is 74.1 Å². The molecular formula is C25H36O4. The van der Waals surface area contributed by atoms with Crippen LogP contribution >= 0.6 is 0 Å². The molecule has 0 saturated heterocycles. The van der Waals surface area contributed by atoms with Crippen molar-refractivity contribution >= 4 is 17.3 Å². The number of carbonyl (C=O) groups excluding carboxylic acids is 3. The highest BCUT2D eigenvalue weighted by Crippen LogP contribution is 2.54. The zero-order valence-electron chi connectivity index (χ0n) is 19.0. The van der Waals surface area contributed by atoms with Crippen LogP contribution in [-0.4, -0.2) is 22.5 Å². The summed E-state index contributed by atoms with van der Waals surface area (Å²) in [5.41, 5.74) is 1.74. The van der Waals surface area contributed by atoms with Gasteiger partial charge in [0.1, 0.15) is 5.76 Å². The summed E-state index contributed by atoms with van der Waals surface area (Å²) in [5, 5.41) is 10.5. The van der Waals surface area contributed by atoms with E-state index in [0.717, 1.165) is 12.8 Å². The van der Waals surface area contributed by atoms with Gasteiger partial charge in [0.05, 0.1) is 17.4 Å². The van der Waals surface area contributed by atoms with Gasteiger partial charge in [0.25, 0.3) is 0 Å². The Kier molecular flexibility index (Phi) is 7.08. The summed E-state index contributed by atoms with van der Waals surface area (Å²) in [6, 6.07) is 0. The van der Waals surface area contributed by atoms with Crippen molar-refractivity contribution in [2.24, 2.45) is 29.1 Å². The van der Waals surface area contributed by atoms with Gasteiger partial charge in [0, 0.05) is 5.92 Å². The van der Waals surface area contributed by atoms with Gasteiger partial charge in [-0.25, -0.2) is 0 Å². The predicted octanol–water partition coefficient (Wildman–Crippen LogP) is 5.54. The molecule has 0 radical (unpaired) electrons. The molecule has 0 aromatic carbocycles. The van der Waals surface area contributed by atoms with E-state index in [9.17, 15) is 19.5 Å². The van der Waals surface area contributed by atoms with Crippen LogP contribution in [0.25, 0.3) is 0 Å². The van der Waals surface area contributed by atoms with Crippen LogP contribution < -0.4 is 0 Å². The van der Waals surface area contributed by atoms with E-state index in [-0.39, 0.29) is 29.0 Å². The molecule has 2 saturated carbocycles. The monoisotopic (exact) mass is 400 g/mol. The highest BCUT2D eigenvalue weighted by atomic mass is 16.3. The summed E-state index contributed by atoms with van der Waals surface area (Å²) in [6.07, 6.45) is 6.98. The van der Waals surface area contributed by atoms with Crippen molar-refractivity contribution < 1.29 is 19.5 Å². The van der Waals surface area contributed by atoms with E-state index in [1.807, 2.05) is 34.6 Å². The first-order valence-electron chi connectivity index (χ1n) is 10.7. The van der Waals surface area contributed by atoms with Gasteiger partial charge in [0.2, 0.25) is 0 Å². The lowest BCUT2D eigenvalue weighted by molar-refractivity contribution is -0.154. The first-order valence-corrected chi connectivity index (χ1v) is 10.7. The number of aliphatic hydroxyl groups excluding tert-OH is 1. The molecular weight excluding hydrogens is 364 g/mol. The summed E-state index contributed by atoms with van der Waals surface area (Å²) in [6.45, 7) is 13.7. The van der Waals surface area contributed by atoms with E-state index >= 15 is 0 Å². The van der Waals surface area contributed by atoms with Crippen LogP contribution in [0.4, 0.5) is 0 Å². The summed E-state index contributed by atoms with van der Waals surface area (Å²) in [5.74, 6) is -3.27. The summed E-state index contributed by atoms with van der Waals surface area (Å²) >= 11 is 0. The SMILES string of the molecule is CC(C)=CCC[C@@]1(C)[C@H](CC=C(C)C)C[C@H]2C(=O)C(=C(O)C(C)C)C(=O)[C@@H]1C2=O. The Morgan fingerprint density at radius 2 is 1.66 bits per heavy atom. The van der Waals surface area contributed by atoms with Crippen molar-refractivity contribution in [1.82, 2.24) is 0 Å². The molecule has 160 valence electrons. The molecule has 2 aliphatic carbocycles. The lowest BCUT2D eigenvalue weighted by atomic mass is 9.50. The van der Waals surface area contributed by atoms with Crippen LogP contribution in [0, 0.1) is 29.1 Å². The van der Waals surface area contributed by atoms with Gasteiger partial charge < -0.3 is 5.11 Å². The number of hydrogen-bond donors (Lipinski definition) is 1.